The van der Waals surface area contributed by atoms with Crippen LogP contribution in [0.1, 0.15) is 66.6 Å². The second-order valence-corrected chi connectivity index (χ2v) is 9.30. The largest absolute Gasteiger partial charge is 0.490 e. The van der Waals surface area contributed by atoms with Crippen molar-refractivity contribution in [2.24, 2.45) is 0 Å². The molecule has 0 aliphatic carbocycles. The van der Waals surface area contributed by atoms with E-state index in [-0.39, 0.29) is 0 Å². The summed E-state index contributed by atoms with van der Waals surface area (Å²) in [6.07, 6.45) is -0.513. The second kappa shape index (κ2) is 15.4. The van der Waals surface area contributed by atoms with Gasteiger partial charge in [-0.1, -0.05) is 81.3 Å². The summed E-state index contributed by atoms with van der Waals surface area (Å²) in [5, 5.41) is 25.7. The van der Waals surface area contributed by atoms with E-state index in [1.807, 2.05) is 48.5 Å². The van der Waals surface area contributed by atoms with Crippen molar-refractivity contribution in [3.8, 4) is 17.2 Å². The summed E-state index contributed by atoms with van der Waals surface area (Å²) in [5.41, 5.74) is 5.06. The number of nitrogens with zero attached hydrogens (tertiary/aromatic N) is 2. The van der Waals surface area contributed by atoms with E-state index in [1.54, 1.807) is 12.1 Å². The highest BCUT2D eigenvalue weighted by molar-refractivity contribution is 5.96. The van der Waals surface area contributed by atoms with Gasteiger partial charge in [0.2, 0.25) is 0 Å². The lowest BCUT2D eigenvalue weighted by Crippen LogP contribution is -2.34. The Morgan fingerprint density at radius 3 is 1.75 bits per heavy atom. The zero-order valence-corrected chi connectivity index (χ0v) is 22.5. The molecule has 2 N–H and O–H groups in total. The lowest BCUT2D eigenvalue weighted by molar-refractivity contribution is -0.192. The molecule has 0 heterocycles. The number of aliphatic carboxylic acids is 1. The van der Waals surface area contributed by atoms with E-state index < -0.39 is 18.1 Å². The highest BCUT2D eigenvalue weighted by Gasteiger charge is 2.38. The summed E-state index contributed by atoms with van der Waals surface area (Å²) in [6, 6.07) is 25.9. The van der Waals surface area contributed by atoms with Crippen LogP contribution in [0.2, 0.25) is 0 Å². The van der Waals surface area contributed by atoms with Crippen molar-refractivity contribution in [1.29, 1.82) is 5.26 Å². The molecule has 40 heavy (non-hydrogen) atoms. The second-order valence-electron chi connectivity index (χ2n) is 9.30. The minimum Gasteiger partial charge on any atom is -0.478 e. The summed E-state index contributed by atoms with van der Waals surface area (Å²) in [4.78, 5) is 23.0. The van der Waals surface area contributed by atoms with Crippen molar-refractivity contribution in [1.82, 2.24) is 4.90 Å². The Hall–Kier alpha value is -4.16. The summed E-state index contributed by atoms with van der Waals surface area (Å²) < 4.78 is 31.7. The number of alkyl halides is 3. The fourth-order valence-corrected chi connectivity index (χ4v) is 4.35. The van der Waals surface area contributed by atoms with Gasteiger partial charge in [-0.05, 0) is 53.3 Å². The van der Waals surface area contributed by atoms with Crippen molar-refractivity contribution in [3.05, 3.63) is 95.1 Å². The van der Waals surface area contributed by atoms with Crippen LogP contribution in [0.5, 0.6) is 0 Å². The number of halogens is 3. The molecule has 0 aliphatic heterocycles. The van der Waals surface area contributed by atoms with Gasteiger partial charge in [-0.15, -0.1) is 0 Å². The number of nitriles is 1. The molecular weight excluding hydrogens is 521 g/mol. The van der Waals surface area contributed by atoms with Gasteiger partial charge in [0.25, 0.3) is 0 Å². The summed E-state index contributed by atoms with van der Waals surface area (Å²) >= 11 is 0. The van der Waals surface area contributed by atoms with Gasteiger partial charge in [0.1, 0.15) is 0 Å². The maximum Gasteiger partial charge on any atom is 0.490 e. The number of aromatic carboxylic acids is 1. The van der Waals surface area contributed by atoms with Gasteiger partial charge >= 0.3 is 18.1 Å². The highest BCUT2D eigenvalue weighted by atomic mass is 19.4. The number of hydrogen-bond donors (Lipinski definition) is 2. The third-order valence-corrected chi connectivity index (χ3v) is 6.28. The van der Waals surface area contributed by atoms with Crippen LogP contribution in [0.15, 0.2) is 72.8 Å². The average Bonchev–Trinajstić information content (AvgIpc) is 2.93. The molecule has 9 heteroatoms. The number of hydrogen-bond acceptors (Lipinski definition) is 4. The predicted molar refractivity (Wildman–Crippen MR) is 147 cm³/mol. The molecule has 3 rings (SSSR count). The molecule has 0 saturated carbocycles. The fraction of sp³-hybridized carbons (Fsp3) is 0.323. The van der Waals surface area contributed by atoms with Crippen LogP contribution in [-0.2, 0) is 17.9 Å². The fourth-order valence-electron chi connectivity index (χ4n) is 4.35. The van der Waals surface area contributed by atoms with E-state index in [2.05, 4.69) is 36.9 Å². The minimum absolute atomic E-state index is 0.318. The minimum atomic E-state index is -5.08. The molecule has 0 saturated heterocycles. The van der Waals surface area contributed by atoms with Gasteiger partial charge < -0.3 is 10.2 Å². The van der Waals surface area contributed by atoms with Gasteiger partial charge in [0.15, 0.2) is 0 Å². The Labute approximate surface area is 232 Å². The first-order valence-electron chi connectivity index (χ1n) is 12.9. The van der Waals surface area contributed by atoms with E-state index in [9.17, 15) is 23.1 Å². The molecule has 0 bridgehead atoms. The quantitative estimate of drug-likeness (QED) is 0.254. The molecule has 0 radical (unpaired) electrons. The lowest BCUT2D eigenvalue weighted by Gasteiger charge is -2.32. The molecule has 212 valence electrons. The SMILES string of the molecule is CCCC(CCC)N(Cc1ccc(C#N)cc1)Cc1ccc(-c2ccccc2C(=O)O)cc1.O=C(O)C(F)(F)F. The Morgan fingerprint density at radius 2 is 1.32 bits per heavy atom. The maximum absolute atomic E-state index is 11.6. The molecule has 0 aromatic heterocycles. The molecule has 0 aliphatic rings. The van der Waals surface area contributed by atoms with E-state index in [0.29, 0.717) is 17.2 Å². The van der Waals surface area contributed by atoms with E-state index in [4.69, 9.17) is 15.2 Å². The number of benzene rings is 3. The van der Waals surface area contributed by atoms with E-state index in [1.165, 1.54) is 11.1 Å². The number of carbonyl (C=O) groups is 2. The van der Waals surface area contributed by atoms with Gasteiger partial charge in [0, 0.05) is 19.1 Å². The maximum atomic E-state index is 11.6. The van der Waals surface area contributed by atoms with Gasteiger partial charge in [-0.2, -0.15) is 18.4 Å². The molecule has 0 amide bonds. The van der Waals surface area contributed by atoms with Crippen molar-refractivity contribution < 1.29 is 33.0 Å². The van der Waals surface area contributed by atoms with Crippen molar-refractivity contribution in [2.75, 3.05) is 0 Å². The van der Waals surface area contributed by atoms with Crippen LogP contribution in [0.3, 0.4) is 0 Å². The van der Waals surface area contributed by atoms with E-state index in [0.717, 1.165) is 49.9 Å². The first-order chi connectivity index (χ1) is 19.0. The Morgan fingerprint density at radius 1 is 0.850 bits per heavy atom. The van der Waals surface area contributed by atoms with Crippen LogP contribution < -0.4 is 0 Å². The normalized spacial score (nSPS) is 11.1. The van der Waals surface area contributed by atoms with Crippen LogP contribution >= 0.6 is 0 Å². The van der Waals surface area contributed by atoms with Crippen molar-refractivity contribution in [2.45, 2.75) is 64.8 Å². The topological polar surface area (TPSA) is 102 Å². The molecule has 0 fully saturated rings. The number of carboxylic acid groups (broad SMARTS) is 2. The first kappa shape index (κ1) is 32.1. The van der Waals surface area contributed by atoms with Crippen LogP contribution in [-0.4, -0.2) is 39.3 Å². The third kappa shape index (κ3) is 9.86. The molecule has 3 aromatic rings. The Bertz CT molecular complexity index is 1280. The molecular formula is C31H33F3N2O4. The molecule has 0 spiro atoms. The van der Waals surface area contributed by atoms with Crippen LogP contribution in [0.25, 0.3) is 11.1 Å². The number of carboxylic acids is 2. The predicted octanol–water partition coefficient (Wildman–Crippen LogP) is 7.53. The Balaban J connectivity index is 0.000000708. The van der Waals surface area contributed by atoms with Gasteiger partial charge in [-0.25, -0.2) is 9.59 Å². The van der Waals surface area contributed by atoms with Crippen molar-refractivity contribution >= 4 is 11.9 Å². The van der Waals surface area contributed by atoms with Crippen LogP contribution in [0, 0.1) is 11.3 Å². The standard InChI is InChI=1S/C29H32N2O2.C2HF3O2/c1-3-7-26(8-4-2)31(20-23-13-11-22(19-30)12-14-23)21-24-15-17-25(18-16-24)27-9-5-6-10-28(27)29(32)33;3-2(4,5)1(6)7/h5-6,9-18,26H,3-4,7-8,20-21H2,1-2H3,(H,32,33);(H,6,7). The molecule has 3 aromatic carbocycles. The molecule has 0 unspecified atom stereocenters. The molecule has 0 atom stereocenters. The van der Waals surface area contributed by atoms with Crippen LogP contribution in [0.4, 0.5) is 13.2 Å². The lowest BCUT2D eigenvalue weighted by atomic mass is 9.98. The highest BCUT2D eigenvalue weighted by Crippen LogP contribution is 2.26. The van der Waals surface area contributed by atoms with E-state index >= 15 is 0 Å². The monoisotopic (exact) mass is 554 g/mol. The van der Waals surface area contributed by atoms with Crippen molar-refractivity contribution in [3.63, 3.8) is 0 Å². The summed E-state index contributed by atoms with van der Waals surface area (Å²) in [7, 11) is 0. The zero-order valence-electron chi connectivity index (χ0n) is 22.5. The third-order valence-electron chi connectivity index (χ3n) is 6.28. The van der Waals surface area contributed by atoms with Gasteiger partial charge in [-0.3, -0.25) is 4.90 Å². The number of rotatable bonds is 11. The zero-order chi connectivity index (χ0) is 29.7. The average molecular weight is 555 g/mol. The summed E-state index contributed by atoms with van der Waals surface area (Å²) in [6.45, 7) is 6.12. The smallest absolute Gasteiger partial charge is 0.478 e. The summed E-state index contributed by atoms with van der Waals surface area (Å²) in [5.74, 6) is -3.67. The Kier molecular flexibility index (Phi) is 12.4. The first-order valence-corrected chi connectivity index (χ1v) is 12.9. The molecule has 6 nitrogen and oxygen atoms in total. The van der Waals surface area contributed by atoms with Gasteiger partial charge in [0.05, 0.1) is 17.2 Å².